The lowest BCUT2D eigenvalue weighted by molar-refractivity contribution is 0.0859. The summed E-state index contributed by atoms with van der Waals surface area (Å²) in [5.41, 5.74) is 1.17. The Morgan fingerprint density at radius 1 is 1.35 bits per heavy atom. The summed E-state index contributed by atoms with van der Waals surface area (Å²) in [5.74, 6) is 0.285. The molecule has 8 nitrogen and oxygen atoms in total. The van der Waals surface area contributed by atoms with E-state index in [1.165, 1.54) is 10.9 Å². The van der Waals surface area contributed by atoms with Crippen LogP contribution in [0.25, 0.3) is 11.0 Å². The van der Waals surface area contributed by atoms with Gasteiger partial charge in [0.05, 0.1) is 45.3 Å². The normalized spacial score (nSPS) is 12.9. The Bertz CT molecular complexity index is 1040. The molecule has 2 heterocycles. The topological polar surface area (TPSA) is 105 Å². The molecule has 138 valence electrons. The number of nitrogens with one attached hydrogen (secondary N) is 2. The lowest BCUT2D eigenvalue weighted by atomic mass is 10.2. The van der Waals surface area contributed by atoms with Crippen molar-refractivity contribution in [1.29, 1.82) is 0 Å². The van der Waals surface area contributed by atoms with Crippen LogP contribution in [0.4, 0.5) is 5.95 Å². The van der Waals surface area contributed by atoms with Gasteiger partial charge in [0.2, 0.25) is 5.95 Å². The quantitative estimate of drug-likeness (QED) is 0.500. The zero-order valence-electron chi connectivity index (χ0n) is 15.5. The highest BCUT2D eigenvalue weighted by atomic mass is 35.5. The summed E-state index contributed by atoms with van der Waals surface area (Å²) in [6.45, 7) is -2.20. The van der Waals surface area contributed by atoms with Gasteiger partial charge >= 0.3 is 0 Å². The van der Waals surface area contributed by atoms with Gasteiger partial charge in [-0.25, -0.2) is 4.98 Å². The Morgan fingerprint density at radius 2 is 2.19 bits per heavy atom. The molecule has 3 rings (SSSR count). The van der Waals surface area contributed by atoms with Gasteiger partial charge in [-0.1, -0.05) is 29.3 Å². The summed E-state index contributed by atoms with van der Waals surface area (Å²) in [6.07, 6.45) is 1.46. The van der Waals surface area contributed by atoms with E-state index < -0.39 is 13.2 Å². The number of benzene rings is 1. The van der Waals surface area contributed by atoms with Gasteiger partial charge in [-0.05, 0) is 17.7 Å². The van der Waals surface area contributed by atoms with Crippen LogP contribution in [-0.2, 0) is 17.8 Å². The van der Waals surface area contributed by atoms with Gasteiger partial charge < -0.3 is 15.2 Å². The molecule has 0 bridgehead atoms. The van der Waals surface area contributed by atoms with Gasteiger partial charge in [-0.15, -0.1) is 0 Å². The minimum atomic E-state index is -2.40. The summed E-state index contributed by atoms with van der Waals surface area (Å²) in [4.78, 5) is 19.4. The second-order valence-corrected chi connectivity index (χ2v) is 6.14. The van der Waals surface area contributed by atoms with Crippen LogP contribution in [0.2, 0.25) is 10.0 Å². The molecule has 3 N–H and O–H groups in total. The molecule has 2 aromatic heterocycles. The molecular weight excluding hydrogens is 381 g/mol. The number of rotatable bonds is 8. The molecule has 0 fully saturated rings. The highest BCUT2D eigenvalue weighted by Gasteiger charge is 2.10. The number of fused-ring (bicyclic) bond motifs is 1. The zero-order valence-corrected chi connectivity index (χ0v) is 15.0. The Kier molecular flexibility index (Phi) is 5.26. The van der Waals surface area contributed by atoms with E-state index >= 15 is 0 Å². The highest BCUT2D eigenvalue weighted by molar-refractivity contribution is 6.42. The molecule has 0 saturated heterocycles. The fourth-order valence-electron chi connectivity index (χ4n) is 2.36. The monoisotopic (exact) mass is 399 g/mol. The summed E-state index contributed by atoms with van der Waals surface area (Å²) in [6, 6.07) is 5.22. The number of hydrogen-bond acceptors (Lipinski definition) is 6. The van der Waals surface area contributed by atoms with Crippen molar-refractivity contribution in [1.82, 2.24) is 19.7 Å². The average Bonchev–Trinajstić information content (AvgIpc) is 3.02. The number of anilines is 1. The van der Waals surface area contributed by atoms with Crippen LogP contribution in [0.3, 0.4) is 0 Å². The van der Waals surface area contributed by atoms with Gasteiger partial charge in [0.1, 0.15) is 5.52 Å². The summed E-state index contributed by atoms with van der Waals surface area (Å²) >= 11 is 11.9. The third-order valence-electron chi connectivity index (χ3n) is 3.56. The molecule has 0 amide bonds. The lowest BCUT2D eigenvalue weighted by Crippen LogP contribution is -2.17. The van der Waals surface area contributed by atoms with E-state index in [9.17, 15) is 4.79 Å². The number of H-pyrrole nitrogens is 1. The van der Waals surface area contributed by atoms with E-state index in [2.05, 4.69) is 20.4 Å². The SMILES string of the molecule is [2H]C([2H])(O)COCCn1ncc2nc(NCc3ccc(Cl)c(Cl)c3)[nH]c(=O)c21. The molecule has 10 heteroatoms. The van der Waals surface area contributed by atoms with Crippen molar-refractivity contribution >= 4 is 40.2 Å². The summed E-state index contributed by atoms with van der Waals surface area (Å²) in [5, 5.41) is 17.0. The maximum absolute atomic E-state index is 12.4. The van der Waals surface area contributed by atoms with Gasteiger partial charge in [-0.2, -0.15) is 5.10 Å². The van der Waals surface area contributed by atoms with Crippen LogP contribution in [0.15, 0.2) is 29.2 Å². The van der Waals surface area contributed by atoms with Crippen LogP contribution in [0, 0.1) is 0 Å². The predicted octanol–water partition coefficient (Wildman–Crippen LogP) is 2.05. The van der Waals surface area contributed by atoms with E-state index in [1.54, 1.807) is 12.1 Å². The van der Waals surface area contributed by atoms with Crippen molar-refractivity contribution in [2.75, 3.05) is 25.1 Å². The Hall–Kier alpha value is -2.13. The standard InChI is InChI=1S/C16H17Cl2N5O3/c17-11-2-1-10(7-12(11)18)8-19-16-21-13-9-20-23(3-5-26-6-4-24)14(13)15(25)22-16/h1-2,7,9,24H,3-6,8H2,(H2,19,21,22,25)/i4D2. The van der Waals surface area contributed by atoms with E-state index in [1.807, 2.05) is 6.07 Å². The van der Waals surface area contributed by atoms with Crippen molar-refractivity contribution in [3.8, 4) is 0 Å². The fourth-order valence-corrected chi connectivity index (χ4v) is 2.68. The zero-order chi connectivity index (χ0) is 20.3. The third kappa shape index (κ3) is 4.34. The molecular formula is C16H17Cl2N5O3. The number of nitrogens with zero attached hydrogens (tertiary/aromatic N) is 3. The van der Waals surface area contributed by atoms with E-state index in [0.717, 1.165) is 5.56 Å². The number of aromatic amines is 1. The summed E-state index contributed by atoms with van der Waals surface area (Å²) in [7, 11) is 0. The first-order valence-corrected chi connectivity index (χ1v) is 8.42. The minimum Gasteiger partial charge on any atom is -0.394 e. The third-order valence-corrected chi connectivity index (χ3v) is 4.30. The smallest absolute Gasteiger partial charge is 0.278 e. The number of aliphatic hydroxyl groups is 1. The van der Waals surface area contributed by atoms with E-state index in [4.69, 9.17) is 35.8 Å². The van der Waals surface area contributed by atoms with Crippen LogP contribution < -0.4 is 10.9 Å². The number of halogens is 2. The highest BCUT2D eigenvalue weighted by Crippen LogP contribution is 2.22. The molecule has 0 unspecified atom stereocenters. The molecule has 0 aliphatic carbocycles. The van der Waals surface area contributed by atoms with Crippen LogP contribution in [0.1, 0.15) is 8.30 Å². The van der Waals surface area contributed by atoms with Gasteiger partial charge in [-0.3, -0.25) is 14.5 Å². The first-order valence-electron chi connectivity index (χ1n) is 8.67. The Morgan fingerprint density at radius 3 is 2.96 bits per heavy atom. The molecule has 0 radical (unpaired) electrons. The molecule has 0 spiro atoms. The number of aromatic nitrogens is 4. The van der Waals surface area contributed by atoms with Crippen LogP contribution in [0.5, 0.6) is 0 Å². The van der Waals surface area contributed by atoms with Crippen molar-refractivity contribution < 1.29 is 12.6 Å². The van der Waals surface area contributed by atoms with Crippen LogP contribution >= 0.6 is 23.2 Å². The second-order valence-electron chi connectivity index (χ2n) is 5.33. The number of ether oxygens (including phenoxy) is 1. The first-order chi connectivity index (χ1) is 13.2. The first kappa shape index (κ1) is 16.1. The largest absolute Gasteiger partial charge is 0.394 e. The van der Waals surface area contributed by atoms with Crippen molar-refractivity contribution in [3.63, 3.8) is 0 Å². The van der Waals surface area contributed by atoms with Crippen molar-refractivity contribution in [2.45, 2.75) is 13.1 Å². The van der Waals surface area contributed by atoms with Gasteiger partial charge in [0.25, 0.3) is 5.56 Å². The average molecular weight is 400 g/mol. The maximum Gasteiger partial charge on any atom is 0.278 e. The molecule has 26 heavy (non-hydrogen) atoms. The Labute approximate surface area is 161 Å². The predicted molar refractivity (Wildman–Crippen MR) is 99.8 cm³/mol. The van der Waals surface area contributed by atoms with E-state index in [-0.39, 0.29) is 30.2 Å². The molecule has 0 aliphatic rings. The van der Waals surface area contributed by atoms with Gasteiger partial charge in [0, 0.05) is 6.54 Å². The molecule has 1 aromatic carbocycles. The molecule has 0 atom stereocenters. The van der Waals surface area contributed by atoms with Gasteiger partial charge in [0.15, 0.2) is 5.52 Å². The maximum atomic E-state index is 12.4. The fraction of sp³-hybridized carbons (Fsp3) is 0.312. The van der Waals surface area contributed by atoms with Crippen molar-refractivity contribution in [3.05, 3.63) is 50.4 Å². The minimum absolute atomic E-state index is 0.0770. The van der Waals surface area contributed by atoms with E-state index in [0.29, 0.717) is 22.1 Å². The molecule has 0 aliphatic heterocycles. The Balaban J connectivity index is 1.68. The lowest BCUT2D eigenvalue weighted by Gasteiger charge is -2.07. The number of hydrogen-bond donors (Lipinski definition) is 3. The molecule has 3 aromatic rings. The summed E-state index contributed by atoms with van der Waals surface area (Å²) < 4.78 is 20.4. The molecule has 0 saturated carbocycles. The van der Waals surface area contributed by atoms with Crippen LogP contribution in [-0.4, -0.2) is 44.6 Å². The van der Waals surface area contributed by atoms with Crippen molar-refractivity contribution in [2.24, 2.45) is 0 Å². The second kappa shape index (κ2) is 8.50.